The van der Waals surface area contributed by atoms with Crippen LogP contribution >= 0.6 is 0 Å². The fraction of sp³-hybridized carbons (Fsp3) is 0. The highest BCUT2D eigenvalue weighted by atomic mass is 15.2. The normalized spacial score (nSPS) is 11.9. The van der Waals surface area contributed by atoms with E-state index in [2.05, 4.69) is 130 Å². The Hall–Kier alpha value is -4.89. The van der Waals surface area contributed by atoms with Crippen molar-refractivity contribution in [1.29, 1.82) is 0 Å². The Morgan fingerprint density at radius 2 is 1.03 bits per heavy atom. The molecule has 3 heterocycles. The second-order valence-electron chi connectivity index (χ2n) is 9.30. The Balaban J connectivity index is 1.44. The van der Waals surface area contributed by atoms with Crippen molar-refractivity contribution in [3.05, 3.63) is 128 Å². The van der Waals surface area contributed by atoms with E-state index in [0.717, 1.165) is 27.8 Å². The van der Waals surface area contributed by atoms with Gasteiger partial charge in [-0.05, 0) is 41.3 Å². The molecule has 0 spiro atoms. The molecule has 36 heavy (non-hydrogen) atoms. The number of aromatic nitrogens is 3. The molecule has 0 fully saturated rings. The van der Waals surface area contributed by atoms with Crippen LogP contribution in [0.1, 0.15) is 0 Å². The number of hydrogen-bond donors (Lipinski definition) is 0. The summed E-state index contributed by atoms with van der Waals surface area (Å²) in [4.78, 5) is 0. The fourth-order valence-electron chi connectivity index (χ4n) is 5.83. The largest absolute Gasteiger partial charge is 0.309 e. The Morgan fingerprint density at radius 1 is 0.472 bits per heavy atom. The molecule has 8 rings (SSSR count). The Bertz CT molecular complexity index is 2060. The Kier molecular flexibility index (Phi) is 3.94. The van der Waals surface area contributed by atoms with E-state index in [9.17, 15) is 0 Å². The summed E-state index contributed by atoms with van der Waals surface area (Å²) in [6.07, 6.45) is 2.01. The summed E-state index contributed by atoms with van der Waals surface area (Å²) >= 11 is 0. The van der Waals surface area contributed by atoms with Crippen LogP contribution in [-0.4, -0.2) is 14.2 Å². The van der Waals surface area contributed by atoms with Gasteiger partial charge in [0.1, 0.15) is 0 Å². The van der Waals surface area contributed by atoms with Gasteiger partial charge < -0.3 is 4.57 Å². The van der Waals surface area contributed by atoms with Gasteiger partial charge in [-0.3, -0.25) is 0 Å². The quantitative estimate of drug-likeness (QED) is 0.238. The number of nitrogens with zero attached hydrogens (tertiary/aromatic N) is 3. The van der Waals surface area contributed by atoms with E-state index in [1.807, 2.05) is 6.20 Å². The molecule has 5 aromatic carbocycles. The smallest absolute Gasteiger partial charge is 0.0825 e. The van der Waals surface area contributed by atoms with E-state index in [1.54, 1.807) is 0 Å². The zero-order valence-corrected chi connectivity index (χ0v) is 19.5. The van der Waals surface area contributed by atoms with Crippen LogP contribution in [0.5, 0.6) is 0 Å². The van der Waals surface area contributed by atoms with Crippen molar-refractivity contribution >= 4 is 49.0 Å². The van der Waals surface area contributed by atoms with E-state index in [-0.39, 0.29) is 0 Å². The molecule has 0 bridgehead atoms. The van der Waals surface area contributed by atoms with Crippen LogP contribution in [0, 0.1) is 0 Å². The lowest BCUT2D eigenvalue weighted by atomic mass is 10.0. The third-order valence-electron chi connectivity index (χ3n) is 7.37. The first-order chi connectivity index (χ1) is 17.9. The maximum Gasteiger partial charge on any atom is 0.0825 e. The molecule has 0 unspecified atom stereocenters. The molecule has 3 heteroatoms. The molecule has 0 amide bonds. The van der Waals surface area contributed by atoms with Crippen molar-refractivity contribution in [2.45, 2.75) is 0 Å². The zero-order chi connectivity index (χ0) is 23.6. The lowest BCUT2D eigenvalue weighted by Crippen LogP contribution is -1.94. The van der Waals surface area contributed by atoms with Gasteiger partial charge in [0.25, 0.3) is 0 Å². The van der Waals surface area contributed by atoms with Crippen LogP contribution in [0.15, 0.2) is 128 Å². The molecule has 0 aliphatic carbocycles. The first-order valence-electron chi connectivity index (χ1n) is 12.2. The second kappa shape index (κ2) is 7.30. The number of pyridine rings is 1. The van der Waals surface area contributed by atoms with Crippen LogP contribution in [-0.2, 0) is 0 Å². The van der Waals surface area contributed by atoms with Gasteiger partial charge in [0.15, 0.2) is 0 Å². The lowest BCUT2D eigenvalue weighted by molar-refractivity contribution is 1.01. The highest BCUT2D eigenvalue weighted by Crippen LogP contribution is 2.37. The first-order valence-corrected chi connectivity index (χ1v) is 12.2. The number of rotatable bonds is 2. The summed E-state index contributed by atoms with van der Waals surface area (Å²) in [5, 5.41) is 11.1. The molecule has 168 valence electrons. The highest BCUT2D eigenvalue weighted by molar-refractivity contribution is 6.15. The average molecular weight is 460 g/mol. The topological polar surface area (TPSA) is 22.2 Å². The van der Waals surface area contributed by atoms with E-state index in [0.29, 0.717) is 0 Å². The zero-order valence-electron chi connectivity index (χ0n) is 19.5. The molecule has 0 aliphatic rings. The van der Waals surface area contributed by atoms with Crippen LogP contribution in [0.25, 0.3) is 65.8 Å². The van der Waals surface area contributed by atoms with Crippen molar-refractivity contribution < 1.29 is 0 Å². The minimum Gasteiger partial charge on any atom is -0.309 e. The highest BCUT2D eigenvalue weighted by Gasteiger charge is 2.16. The minimum absolute atomic E-state index is 1.12. The Labute approximate surface area is 207 Å². The van der Waals surface area contributed by atoms with Crippen LogP contribution in [0.2, 0.25) is 0 Å². The molecular weight excluding hydrogens is 438 g/mol. The van der Waals surface area contributed by atoms with E-state index < -0.39 is 0 Å². The third kappa shape index (κ3) is 2.60. The van der Waals surface area contributed by atoms with Crippen molar-refractivity contribution in [3.63, 3.8) is 0 Å². The minimum atomic E-state index is 1.12. The van der Waals surface area contributed by atoms with Gasteiger partial charge in [-0.2, -0.15) is 5.10 Å². The van der Waals surface area contributed by atoms with Gasteiger partial charge in [-0.15, -0.1) is 0 Å². The van der Waals surface area contributed by atoms with Crippen LogP contribution in [0.4, 0.5) is 0 Å². The maximum atomic E-state index is 4.88. The predicted molar refractivity (Wildman–Crippen MR) is 150 cm³/mol. The number of hydrogen-bond acceptors (Lipinski definition) is 1. The maximum absolute atomic E-state index is 4.88. The molecule has 3 aromatic heterocycles. The molecule has 0 N–H and O–H groups in total. The number of para-hydroxylation sites is 3. The molecule has 3 nitrogen and oxygen atoms in total. The first kappa shape index (κ1) is 19.4. The van der Waals surface area contributed by atoms with Gasteiger partial charge in [0, 0.05) is 32.8 Å². The van der Waals surface area contributed by atoms with Crippen molar-refractivity contribution in [2.75, 3.05) is 0 Å². The van der Waals surface area contributed by atoms with Crippen molar-refractivity contribution in [2.24, 2.45) is 0 Å². The van der Waals surface area contributed by atoms with Gasteiger partial charge in [0.05, 0.1) is 28.3 Å². The summed E-state index contributed by atoms with van der Waals surface area (Å²) in [5.74, 6) is 0. The third-order valence-corrected chi connectivity index (χ3v) is 7.37. The molecule has 0 radical (unpaired) electrons. The summed E-state index contributed by atoms with van der Waals surface area (Å²) in [5.41, 5.74) is 8.14. The van der Waals surface area contributed by atoms with Gasteiger partial charge in [0.2, 0.25) is 0 Å². The Morgan fingerprint density at radius 3 is 1.72 bits per heavy atom. The summed E-state index contributed by atoms with van der Waals surface area (Å²) in [6.45, 7) is 0. The average Bonchev–Trinajstić information content (AvgIpc) is 3.54. The molecule has 0 atom stereocenters. The SMILES string of the molecule is c1cc(-c2cnn3c4ccccc4c4ccccc4c23)cc(-n2c3ccccc3c3ccccc32)c1. The standard InChI is InChI=1S/C33H21N3/c1-2-16-28-24(12-1)25-13-5-8-19-32(25)36-33(28)29(21-34-36)22-10-9-11-23(20-22)35-30-17-6-3-14-26(30)27-15-4-7-18-31(27)35/h1-21H. The summed E-state index contributed by atoms with van der Waals surface area (Å²) < 4.78 is 4.47. The molecular formula is C33H21N3. The number of benzene rings is 5. The number of fused-ring (bicyclic) bond motifs is 9. The lowest BCUT2D eigenvalue weighted by Gasteiger charge is -2.11. The molecule has 0 saturated heterocycles. The van der Waals surface area contributed by atoms with Crippen LogP contribution < -0.4 is 0 Å². The second-order valence-corrected chi connectivity index (χ2v) is 9.30. The molecule has 0 aliphatic heterocycles. The van der Waals surface area contributed by atoms with Gasteiger partial charge in [-0.25, -0.2) is 4.52 Å². The van der Waals surface area contributed by atoms with Gasteiger partial charge in [-0.1, -0.05) is 91.0 Å². The van der Waals surface area contributed by atoms with E-state index >= 15 is 0 Å². The summed E-state index contributed by atoms with van der Waals surface area (Å²) in [6, 6.07) is 43.3. The van der Waals surface area contributed by atoms with Gasteiger partial charge >= 0.3 is 0 Å². The van der Waals surface area contributed by atoms with Crippen LogP contribution in [0.3, 0.4) is 0 Å². The van der Waals surface area contributed by atoms with E-state index in [4.69, 9.17) is 5.10 Å². The monoisotopic (exact) mass is 459 g/mol. The summed E-state index contributed by atoms with van der Waals surface area (Å²) in [7, 11) is 0. The predicted octanol–water partition coefficient (Wildman–Crippen LogP) is 8.40. The molecule has 0 saturated carbocycles. The molecule has 8 aromatic rings. The van der Waals surface area contributed by atoms with Crippen molar-refractivity contribution in [3.8, 4) is 16.8 Å². The fourth-order valence-corrected chi connectivity index (χ4v) is 5.83. The van der Waals surface area contributed by atoms with Crippen molar-refractivity contribution in [1.82, 2.24) is 14.2 Å². The van der Waals surface area contributed by atoms with E-state index in [1.165, 1.54) is 38.0 Å².